The third-order valence-corrected chi connectivity index (χ3v) is 4.02. The summed E-state index contributed by atoms with van der Waals surface area (Å²) in [6.45, 7) is 6.40. The Labute approximate surface area is 112 Å². The van der Waals surface area contributed by atoms with Crippen molar-refractivity contribution in [2.45, 2.75) is 20.8 Å². The normalized spacial score (nSPS) is 17.2. The van der Waals surface area contributed by atoms with Crippen LogP contribution in [0.15, 0.2) is 0 Å². The quantitative estimate of drug-likeness (QED) is 0.878. The molecule has 6 heteroatoms. The number of hydrogen-bond donors (Lipinski definition) is 1. The van der Waals surface area contributed by atoms with Crippen LogP contribution >= 0.6 is 0 Å². The molecule has 0 aromatic carbocycles. The molecular formula is C13H19N3O3. The Balaban J connectivity index is 2.06. The van der Waals surface area contributed by atoms with Crippen molar-refractivity contribution in [2.24, 2.45) is 18.9 Å². The van der Waals surface area contributed by atoms with Crippen molar-refractivity contribution in [3.63, 3.8) is 0 Å². The minimum Gasteiger partial charge on any atom is -0.481 e. The Kier molecular flexibility index (Phi) is 3.34. The first kappa shape index (κ1) is 13.6. The fourth-order valence-corrected chi connectivity index (χ4v) is 2.44. The molecule has 2 rings (SSSR count). The standard InChI is InChI=1S/C13H19N3O3/c1-7(13(18)19)10-5-16(6-10)12(17)11-8(2)14-15(4)9(11)3/h7,10H,5-6H2,1-4H3,(H,18,19). The van der Waals surface area contributed by atoms with Crippen LogP contribution in [0, 0.1) is 25.7 Å². The number of carbonyl (C=O) groups is 2. The van der Waals surface area contributed by atoms with Gasteiger partial charge in [-0.1, -0.05) is 6.92 Å². The summed E-state index contributed by atoms with van der Waals surface area (Å²) in [5.74, 6) is -1.19. The predicted molar refractivity (Wildman–Crippen MR) is 68.9 cm³/mol. The molecule has 6 nitrogen and oxygen atoms in total. The number of nitrogens with zero attached hydrogens (tertiary/aromatic N) is 3. The largest absolute Gasteiger partial charge is 0.481 e. The van der Waals surface area contributed by atoms with Crippen LogP contribution in [0.1, 0.15) is 28.7 Å². The average Bonchev–Trinajstić information content (AvgIpc) is 2.50. The molecule has 1 aliphatic rings. The minimum atomic E-state index is -0.800. The molecule has 1 atom stereocenters. The lowest BCUT2D eigenvalue weighted by molar-refractivity contribution is -0.144. The van der Waals surface area contributed by atoms with Gasteiger partial charge < -0.3 is 10.0 Å². The molecule has 1 aromatic rings. The van der Waals surface area contributed by atoms with Crippen molar-refractivity contribution in [3.05, 3.63) is 17.0 Å². The Morgan fingerprint density at radius 2 is 1.95 bits per heavy atom. The molecule has 104 valence electrons. The van der Waals surface area contributed by atoms with Gasteiger partial charge in [-0.25, -0.2) is 0 Å². The molecule has 1 aliphatic heterocycles. The third-order valence-electron chi connectivity index (χ3n) is 4.02. The van der Waals surface area contributed by atoms with Crippen LogP contribution < -0.4 is 0 Å². The number of likely N-dealkylation sites (tertiary alicyclic amines) is 1. The van der Waals surface area contributed by atoms with Crippen LogP contribution in [-0.2, 0) is 11.8 Å². The van der Waals surface area contributed by atoms with Gasteiger partial charge in [0.15, 0.2) is 0 Å². The third kappa shape index (κ3) is 2.22. The number of carbonyl (C=O) groups excluding carboxylic acids is 1. The molecule has 1 saturated heterocycles. The molecule has 1 aromatic heterocycles. The number of amides is 1. The summed E-state index contributed by atoms with van der Waals surface area (Å²) in [5.41, 5.74) is 2.21. The van der Waals surface area contributed by atoms with E-state index in [2.05, 4.69) is 5.10 Å². The van der Waals surface area contributed by atoms with Crippen molar-refractivity contribution in [1.29, 1.82) is 0 Å². The predicted octanol–water partition coefficient (Wildman–Crippen LogP) is 0.830. The number of hydrogen-bond acceptors (Lipinski definition) is 3. The summed E-state index contributed by atoms with van der Waals surface area (Å²) >= 11 is 0. The number of aliphatic carboxylic acids is 1. The van der Waals surface area contributed by atoms with Crippen LogP contribution in [0.5, 0.6) is 0 Å². The van der Waals surface area contributed by atoms with Gasteiger partial charge in [-0.2, -0.15) is 5.10 Å². The second-order valence-electron chi connectivity index (χ2n) is 5.27. The molecule has 1 amide bonds. The smallest absolute Gasteiger partial charge is 0.306 e. The molecule has 0 bridgehead atoms. The van der Waals surface area contributed by atoms with Gasteiger partial charge in [0.1, 0.15) is 0 Å². The molecule has 0 saturated carbocycles. The Morgan fingerprint density at radius 1 is 1.37 bits per heavy atom. The summed E-state index contributed by atoms with van der Waals surface area (Å²) < 4.78 is 1.69. The van der Waals surface area contributed by atoms with E-state index in [1.807, 2.05) is 20.9 Å². The van der Waals surface area contributed by atoms with E-state index in [9.17, 15) is 9.59 Å². The van der Waals surface area contributed by atoms with E-state index in [1.165, 1.54) is 0 Å². The Morgan fingerprint density at radius 3 is 2.37 bits per heavy atom. The van der Waals surface area contributed by atoms with Crippen LogP contribution in [-0.4, -0.2) is 44.8 Å². The van der Waals surface area contributed by atoms with Gasteiger partial charge in [0, 0.05) is 31.7 Å². The van der Waals surface area contributed by atoms with Gasteiger partial charge in [0.25, 0.3) is 5.91 Å². The van der Waals surface area contributed by atoms with Crippen LogP contribution in [0.25, 0.3) is 0 Å². The molecule has 0 spiro atoms. The Hall–Kier alpha value is -1.85. The average molecular weight is 265 g/mol. The first-order chi connectivity index (χ1) is 8.82. The van der Waals surface area contributed by atoms with Crippen LogP contribution in [0.3, 0.4) is 0 Å². The SMILES string of the molecule is Cc1nn(C)c(C)c1C(=O)N1CC(C(C)C(=O)O)C1. The van der Waals surface area contributed by atoms with Crippen molar-refractivity contribution in [2.75, 3.05) is 13.1 Å². The zero-order valence-electron chi connectivity index (χ0n) is 11.7. The minimum absolute atomic E-state index is 0.0445. The van der Waals surface area contributed by atoms with E-state index in [4.69, 9.17) is 5.11 Å². The van der Waals surface area contributed by atoms with Gasteiger partial charge in [0.2, 0.25) is 0 Å². The molecule has 1 N–H and O–H groups in total. The van der Waals surface area contributed by atoms with Crippen molar-refractivity contribution in [3.8, 4) is 0 Å². The van der Waals surface area contributed by atoms with E-state index >= 15 is 0 Å². The lowest BCUT2D eigenvalue weighted by atomic mass is 9.86. The maximum Gasteiger partial charge on any atom is 0.306 e. The topological polar surface area (TPSA) is 75.4 Å². The lowest BCUT2D eigenvalue weighted by Gasteiger charge is -2.41. The fourth-order valence-electron chi connectivity index (χ4n) is 2.44. The number of carboxylic acid groups (broad SMARTS) is 1. The summed E-state index contributed by atoms with van der Waals surface area (Å²) in [7, 11) is 1.81. The highest BCUT2D eigenvalue weighted by Gasteiger charge is 2.38. The second kappa shape index (κ2) is 4.68. The van der Waals surface area contributed by atoms with E-state index in [0.717, 1.165) is 11.4 Å². The maximum atomic E-state index is 12.3. The Bertz CT molecular complexity index is 529. The molecule has 1 unspecified atom stereocenters. The fraction of sp³-hybridized carbons (Fsp3) is 0.615. The van der Waals surface area contributed by atoms with Crippen molar-refractivity contribution in [1.82, 2.24) is 14.7 Å². The first-order valence-electron chi connectivity index (χ1n) is 6.35. The van der Waals surface area contributed by atoms with Gasteiger partial charge in [0.05, 0.1) is 17.2 Å². The number of aryl methyl sites for hydroxylation is 2. The van der Waals surface area contributed by atoms with Crippen molar-refractivity contribution < 1.29 is 14.7 Å². The second-order valence-corrected chi connectivity index (χ2v) is 5.27. The van der Waals surface area contributed by atoms with Gasteiger partial charge in [-0.15, -0.1) is 0 Å². The molecule has 1 fully saturated rings. The van der Waals surface area contributed by atoms with E-state index in [1.54, 1.807) is 16.5 Å². The number of aromatic nitrogens is 2. The molecule has 2 heterocycles. The molecule has 0 radical (unpaired) electrons. The highest BCUT2D eigenvalue weighted by molar-refractivity contribution is 5.97. The number of rotatable bonds is 3. The summed E-state index contributed by atoms with van der Waals surface area (Å²) in [6.07, 6.45) is 0. The molecule has 19 heavy (non-hydrogen) atoms. The summed E-state index contributed by atoms with van der Waals surface area (Å²) in [4.78, 5) is 24.9. The summed E-state index contributed by atoms with van der Waals surface area (Å²) in [6, 6.07) is 0. The molecule has 0 aliphatic carbocycles. The lowest BCUT2D eigenvalue weighted by Crippen LogP contribution is -2.53. The zero-order valence-corrected chi connectivity index (χ0v) is 11.7. The van der Waals surface area contributed by atoms with Crippen LogP contribution in [0.2, 0.25) is 0 Å². The summed E-state index contributed by atoms with van der Waals surface area (Å²) in [5, 5.41) is 13.2. The highest BCUT2D eigenvalue weighted by Crippen LogP contribution is 2.27. The van der Waals surface area contributed by atoms with E-state index < -0.39 is 11.9 Å². The number of carboxylic acids is 1. The van der Waals surface area contributed by atoms with E-state index in [-0.39, 0.29) is 11.8 Å². The first-order valence-corrected chi connectivity index (χ1v) is 6.35. The van der Waals surface area contributed by atoms with E-state index in [0.29, 0.717) is 18.7 Å². The van der Waals surface area contributed by atoms with Gasteiger partial charge in [-0.3, -0.25) is 14.3 Å². The maximum absolute atomic E-state index is 12.3. The molecular weight excluding hydrogens is 246 g/mol. The van der Waals surface area contributed by atoms with Crippen LogP contribution in [0.4, 0.5) is 0 Å². The zero-order chi connectivity index (χ0) is 14.3. The van der Waals surface area contributed by atoms with Gasteiger partial charge in [-0.05, 0) is 13.8 Å². The highest BCUT2D eigenvalue weighted by atomic mass is 16.4. The van der Waals surface area contributed by atoms with Crippen molar-refractivity contribution >= 4 is 11.9 Å². The monoisotopic (exact) mass is 265 g/mol. The van der Waals surface area contributed by atoms with Gasteiger partial charge >= 0.3 is 5.97 Å².